The van der Waals surface area contributed by atoms with Crippen LogP contribution in [0.5, 0.6) is 0 Å². The van der Waals surface area contributed by atoms with Gasteiger partial charge in [0.05, 0.1) is 0 Å². The van der Waals surface area contributed by atoms with E-state index in [2.05, 4.69) is 35.3 Å². The van der Waals surface area contributed by atoms with Gasteiger partial charge in [0.2, 0.25) is 0 Å². The van der Waals surface area contributed by atoms with Crippen molar-refractivity contribution in [2.75, 3.05) is 18.0 Å². The van der Waals surface area contributed by atoms with Crippen LogP contribution in [0.1, 0.15) is 43.7 Å². The number of hydrogen-bond donors (Lipinski definition) is 1. The van der Waals surface area contributed by atoms with Gasteiger partial charge in [0.15, 0.2) is 0 Å². The quantitative estimate of drug-likeness (QED) is 0.879. The Morgan fingerprint density at radius 1 is 1.28 bits per heavy atom. The highest BCUT2D eigenvalue weighted by molar-refractivity contribution is 5.58. The molecule has 1 aromatic carbocycles. The SMILES string of the molecule is CCN(c1cccc2c1CNCC2)C1CCCC1. The fraction of sp³-hybridized carbons (Fsp3) is 0.625. The summed E-state index contributed by atoms with van der Waals surface area (Å²) in [5.74, 6) is 0. The average molecular weight is 244 g/mol. The van der Waals surface area contributed by atoms with E-state index in [0.717, 1.165) is 25.7 Å². The number of benzene rings is 1. The molecule has 1 aromatic rings. The molecule has 2 nitrogen and oxygen atoms in total. The predicted molar refractivity (Wildman–Crippen MR) is 77.1 cm³/mol. The highest BCUT2D eigenvalue weighted by atomic mass is 15.2. The second-order valence-electron chi connectivity index (χ2n) is 5.57. The number of nitrogens with zero attached hydrogens (tertiary/aromatic N) is 1. The molecule has 0 aromatic heterocycles. The van der Waals surface area contributed by atoms with E-state index < -0.39 is 0 Å². The summed E-state index contributed by atoms with van der Waals surface area (Å²) >= 11 is 0. The lowest BCUT2D eigenvalue weighted by Crippen LogP contribution is -2.35. The third kappa shape index (κ3) is 2.14. The molecule has 0 unspecified atom stereocenters. The zero-order valence-electron chi connectivity index (χ0n) is 11.4. The van der Waals surface area contributed by atoms with E-state index in [9.17, 15) is 0 Å². The molecule has 0 amide bonds. The number of hydrogen-bond acceptors (Lipinski definition) is 2. The summed E-state index contributed by atoms with van der Waals surface area (Å²) in [5.41, 5.74) is 4.61. The van der Waals surface area contributed by atoms with Crippen LogP contribution in [0.25, 0.3) is 0 Å². The Hall–Kier alpha value is -1.02. The Morgan fingerprint density at radius 2 is 2.11 bits per heavy atom. The van der Waals surface area contributed by atoms with Crippen molar-refractivity contribution in [3.05, 3.63) is 29.3 Å². The van der Waals surface area contributed by atoms with Crippen molar-refractivity contribution in [2.45, 2.75) is 51.6 Å². The minimum atomic E-state index is 0.781. The molecule has 18 heavy (non-hydrogen) atoms. The molecular weight excluding hydrogens is 220 g/mol. The summed E-state index contributed by atoms with van der Waals surface area (Å²) in [7, 11) is 0. The zero-order chi connectivity index (χ0) is 12.4. The first-order chi connectivity index (χ1) is 8.90. The number of nitrogens with one attached hydrogen (secondary N) is 1. The lowest BCUT2D eigenvalue weighted by molar-refractivity contribution is 0.602. The highest BCUT2D eigenvalue weighted by Crippen LogP contribution is 2.32. The smallest absolute Gasteiger partial charge is 0.0417 e. The first kappa shape index (κ1) is 12.0. The topological polar surface area (TPSA) is 15.3 Å². The van der Waals surface area contributed by atoms with Crippen LogP contribution < -0.4 is 10.2 Å². The molecule has 2 aliphatic rings. The Balaban J connectivity index is 1.93. The molecule has 0 atom stereocenters. The van der Waals surface area contributed by atoms with Gasteiger partial charge in [-0.05, 0) is 49.9 Å². The molecule has 98 valence electrons. The van der Waals surface area contributed by atoms with Crippen LogP contribution in [0.2, 0.25) is 0 Å². The van der Waals surface area contributed by atoms with Gasteiger partial charge in [-0.2, -0.15) is 0 Å². The van der Waals surface area contributed by atoms with E-state index in [4.69, 9.17) is 0 Å². The van der Waals surface area contributed by atoms with Gasteiger partial charge in [-0.3, -0.25) is 0 Å². The second kappa shape index (κ2) is 5.31. The molecule has 1 fully saturated rings. The maximum Gasteiger partial charge on any atom is 0.0417 e. The molecule has 1 heterocycles. The normalized spacial score (nSPS) is 19.8. The van der Waals surface area contributed by atoms with Crippen molar-refractivity contribution in [3.63, 3.8) is 0 Å². The minimum Gasteiger partial charge on any atom is -0.369 e. The van der Waals surface area contributed by atoms with Crippen molar-refractivity contribution in [2.24, 2.45) is 0 Å². The largest absolute Gasteiger partial charge is 0.369 e. The fourth-order valence-electron chi connectivity index (χ4n) is 3.61. The van der Waals surface area contributed by atoms with Crippen molar-refractivity contribution < 1.29 is 0 Å². The third-order valence-electron chi connectivity index (χ3n) is 4.54. The van der Waals surface area contributed by atoms with Crippen LogP contribution >= 0.6 is 0 Å². The van der Waals surface area contributed by atoms with E-state index in [1.807, 2.05) is 0 Å². The monoisotopic (exact) mass is 244 g/mol. The molecule has 0 radical (unpaired) electrons. The van der Waals surface area contributed by atoms with Gasteiger partial charge in [0.1, 0.15) is 0 Å². The van der Waals surface area contributed by atoms with E-state index >= 15 is 0 Å². The molecule has 1 aliphatic heterocycles. The number of fused-ring (bicyclic) bond motifs is 1. The summed E-state index contributed by atoms with van der Waals surface area (Å²) in [6.07, 6.45) is 6.77. The highest BCUT2D eigenvalue weighted by Gasteiger charge is 2.24. The average Bonchev–Trinajstić information content (AvgIpc) is 2.94. The van der Waals surface area contributed by atoms with E-state index in [0.29, 0.717) is 0 Å². The first-order valence-electron chi connectivity index (χ1n) is 7.48. The molecule has 2 heteroatoms. The minimum absolute atomic E-state index is 0.781. The summed E-state index contributed by atoms with van der Waals surface area (Å²) in [5, 5.41) is 3.52. The molecule has 1 N–H and O–H groups in total. The Morgan fingerprint density at radius 3 is 2.89 bits per heavy atom. The zero-order valence-corrected chi connectivity index (χ0v) is 11.4. The Kier molecular flexibility index (Phi) is 3.55. The molecular formula is C16H24N2. The van der Waals surface area contributed by atoms with Gasteiger partial charge in [-0.1, -0.05) is 25.0 Å². The van der Waals surface area contributed by atoms with Crippen molar-refractivity contribution >= 4 is 5.69 Å². The maximum atomic E-state index is 3.52. The first-order valence-corrected chi connectivity index (χ1v) is 7.48. The standard InChI is InChI=1S/C16H24N2/c1-2-18(14-7-3-4-8-14)16-9-5-6-13-10-11-17-12-15(13)16/h5-6,9,14,17H,2-4,7-8,10-12H2,1H3. The molecule has 1 aliphatic carbocycles. The third-order valence-corrected chi connectivity index (χ3v) is 4.54. The molecule has 1 saturated carbocycles. The van der Waals surface area contributed by atoms with Crippen molar-refractivity contribution in [1.82, 2.24) is 5.32 Å². The van der Waals surface area contributed by atoms with Gasteiger partial charge in [-0.25, -0.2) is 0 Å². The number of rotatable bonds is 3. The number of anilines is 1. The maximum absolute atomic E-state index is 3.52. The molecule has 0 saturated heterocycles. The van der Waals surface area contributed by atoms with Gasteiger partial charge >= 0.3 is 0 Å². The van der Waals surface area contributed by atoms with Crippen LogP contribution in [0, 0.1) is 0 Å². The van der Waals surface area contributed by atoms with Crippen LogP contribution in [-0.2, 0) is 13.0 Å². The summed E-state index contributed by atoms with van der Waals surface area (Å²) in [4.78, 5) is 2.65. The van der Waals surface area contributed by atoms with E-state index in [-0.39, 0.29) is 0 Å². The van der Waals surface area contributed by atoms with Crippen molar-refractivity contribution in [3.8, 4) is 0 Å². The van der Waals surface area contributed by atoms with Crippen LogP contribution in [0.4, 0.5) is 5.69 Å². The van der Waals surface area contributed by atoms with Gasteiger partial charge in [0, 0.05) is 24.8 Å². The second-order valence-corrected chi connectivity index (χ2v) is 5.57. The van der Waals surface area contributed by atoms with Crippen LogP contribution in [-0.4, -0.2) is 19.1 Å². The van der Waals surface area contributed by atoms with Gasteiger partial charge < -0.3 is 10.2 Å². The van der Waals surface area contributed by atoms with E-state index in [1.54, 1.807) is 11.1 Å². The fourth-order valence-corrected chi connectivity index (χ4v) is 3.61. The Labute approximate surface area is 110 Å². The van der Waals surface area contributed by atoms with Crippen molar-refractivity contribution in [1.29, 1.82) is 0 Å². The van der Waals surface area contributed by atoms with Crippen LogP contribution in [0.3, 0.4) is 0 Å². The van der Waals surface area contributed by atoms with Gasteiger partial charge in [-0.15, -0.1) is 0 Å². The molecule has 3 rings (SSSR count). The molecule has 0 spiro atoms. The summed E-state index contributed by atoms with van der Waals surface area (Å²) < 4.78 is 0. The van der Waals surface area contributed by atoms with Gasteiger partial charge in [0.25, 0.3) is 0 Å². The Bertz CT molecular complexity index is 408. The molecule has 0 bridgehead atoms. The summed E-state index contributed by atoms with van der Waals surface area (Å²) in [6.45, 7) is 5.62. The summed E-state index contributed by atoms with van der Waals surface area (Å²) in [6, 6.07) is 7.66. The lowest BCUT2D eigenvalue weighted by Gasteiger charge is -2.33. The predicted octanol–water partition coefficient (Wildman–Crippen LogP) is 3.10. The lowest BCUT2D eigenvalue weighted by atomic mass is 9.97. The van der Waals surface area contributed by atoms with E-state index in [1.165, 1.54) is 37.8 Å². The van der Waals surface area contributed by atoms with Crippen LogP contribution in [0.15, 0.2) is 18.2 Å².